The van der Waals surface area contributed by atoms with Crippen LogP contribution in [0.4, 0.5) is 0 Å². The Labute approximate surface area is 160 Å². The van der Waals surface area contributed by atoms with Crippen molar-refractivity contribution in [1.29, 1.82) is 0 Å². The summed E-state index contributed by atoms with van der Waals surface area (Å²) in [5.74, 6) is 0.898. The van der Waals surface area contributed by atoms with Crippen molar-refractivity contribution in [3.63, 3.8) is 0 Å². The SMILES string of the molecule is O=C(N/N=C\c1cccc(Cl)c1Cl)c1ccc(COc2ccccc2)o1. The predicted molar refractivity (Wildman–Crippen MR) is 101 cm³/mol. The number of carbonyl (C=O) groups excluding carboxylic acids is 1. The molecule has 0 bridgehead atoms. The van der Waals surface area contributed by atoms with Gasteiger partial charge in [-0.05, 0) is 30.3 Å². The lowest BCUT2D eigenvalue weighted by Gasteiger charge is -2.03. The Bertz CT molecular complexity index is 924. The van der Waals surface area contributed by atoms with Gasteiger partial charge in [0.05, 0.1) is 16.3 Å². The molecule has 0 saturated carbocycles. The molecule has 0 radical (unpaired) electrons. The molecular formula is C19H14Cl2N2O3. The summed E-state index contributed by atoms with van der Waals surface area (Å²) in [7, 11) is 0. The Kier molecular flexibility index (Phi) is 5.94. The highest BCUT2D eigenvalue weighted by molar-refractivity contribution is 6.43. The summed E-state index contributed by atoms with van der Waals surface area (Å²) in [4.78, 5) is 12.1. The molecule has 132 valence electrons. The number of furan rings is 1. The Balaban J connectivity index is 1.56. The summed E-state index contributed by atoms with van der Waals surface area (Å²) < 4.78 is 11.0. The number of nitrogens with zero attached hydrogens (tertiary/aromatic N) is 1. The molecule has 0 unspecified atom stereocenters. The molecule has 3 rings (SSSR count). The zero-order valence-electron chi connectivity index (χ0n) is 13.5. The normalized spacial score (nSPS) is 10.8. The number of ether oxygens (including phenoxy) is 1. The fourth-order valence-electron chi connectivity index (χ4n) is 2.08. The first-order valence-electron chi connectivity index (χ1n) is 7.67. The fourth-order valence-corrected chi connectivity index (χ4v) is 2.44. The average Bonchev–Trinajstić information content (AvgIpc) is 3.13. The quantitative estimate of drug-likeness (QED) is 0.480. The molecule has 0 atom stereocenters. The average molecular weight is 389 g/mol. The number of hydrogen-bond donors (Lipinski definition) is 1. The van der Waals surface area contributed by atoms with Crippen LogP contribution in [-0.2, 0) is 6.61 Å². The van der Waals surface area contributed by atoms with Crippen LogP contribution < -0.4 is 10.2 Å². The van der Waals surface area contributed by atoms with Crippen LogP contribution in [0.15, 0.2) is 70.2 Å². The molecule has 1 N–H and O–H groups in total. The molecule has 1 aromatic heterocycles. The number of nitrogens with one attached hydrogen (secondary N) is 1. The van der Waals surface area contributed by atoms with Crippen LogP contribution in [0.1, 0.15) is 21.9 Å². The fraction of sp³-hybridized carbons (Fsp3) is 0.0526. The molecule has 0 spiro atoms. The number of amides is 1. The maximum atomic E-state index is 12.1. The molecule has 0 aliphatic rings. The zero-order valence-corrected chi connectivity index (χ0v) is 15.0. The lowest BCUT2D eigenvalue weighted by atomic mass is 10.2. The van der Waals surface area contributed by atoms with Gasteiger partial charge in [-0.25, -0.2) is 5.43 Å². The highest BCUT2D eigenvalue weighted by Crippen LogP contribution is 2.24. The molecular weight excluding hydrogens is 375 g/mol. The molecule has 26 heavy (non-hydrogen) atoms. The standard InChI is InChI=1S/C19H14Cl2N2O3/c20-16-8-4-5-13(18(16)21)11-22-23-19(24)17-10-9-15(26-17)12-25-14-6-2-1-3-7-14/h1-11H,12H2,(H,23,24)/b22-11-. The van der Waals surface area contributed by atoms with Gasteiger partial charge in [0.2, 0.25) is 0 Å². The van der Waals surface area contributed by atoms with E-state index in [2.05, 4.69) is 10.5 Å². The van der Waals surface area contributed by atoms with Crippen molar-refractivity contribution in [1.82, 2.24) is 5.43 Å². The Hall–Kier alpha value is -2.76. The lowest BCUT2D eigenvalue weighted by molar-refractivity contribution is 0.0923. The molecule has 0 aliphatic heterocycles. The first kappa shape index (κ1) is 18.0. The van der Waals surface area contributed by atoms with Crippen molar-refractivity contribution < 1.29 is 13.9 Å². The van der Waals surface area contributed by atoms with Crippen molar-refractivity contribution in [2.75, 3.05) is 0 Å². The Morgan fingerprint density at radius 3 is 2.69 bits per heavy atom. The van der Waals surface area contributed by atoms with Gasteiger partial charge in [-0.1, -0.05) is 53.5 Å². The van der Waals surface area contributed by atoms with Crippen LogP contribution in [0.3, 0.4) is 0 Å². The molecule has 1 heterocycles. The van der Waals surface area contributed by atoms with E-state index in [9.17, 15) is 4.79 Å². The number of halogens is 2. The van der Waals surface area contributed by atoms with Gasteiger partial charge in [-0.2, -0.15) is 5.10 Å². The Morgan fingerprint density at radius 1 is 1.08 bits per heavy atom. The minimum atomic E-state index is -0.481. The van der Waals surface area contributed by atoms with E-state index < -0.39 is 5.91 Å². The van der Waals surface area contributed by atoms with Crippen LogP contribution in [0.25, 0.3) is 0 Å². The van der Waals surface area contributed by atoms with Crippen LogP contribution in [0.5, 0.6) is 5.75 Å². The van der Waals surface area contributed by atoms with Gasteiger partial charge in [-0.15, -0.1) is 0 Å². The van der Waals surface area contributed by atoms with Gasteiger partial charge in [-0.3, -0.25) is 4.79 Å². The van der Waals surface area contributed by atoms with Gasteiger partial charge < -0.3 is 9.15 Å². The summed E-state index contributed by atoms with van der Waals surface area (Å²) in [6.07, 6.45) is 1.41. The molecule has 3 aromatic rings. The monoisotopic (exact) mass is 388 g/mol. The maximum absolute atomic E-state index is 12.1. The molecule has 0 aliphatic carbocycles. The number of carbonyl (C=O) groups is 1. The number of para-hydroxylation sites is 1. The molecule has 1 amide bonds. The van der Waals surface area contributed by atoms with Crippen molar-refractivity contribution in [3.05, 3.63) is 87.8 Å². The third-order valence-electron chi connectivity index (χ3n) is 3.36. The predicted octanol–water partition coefficient (Wildman–Crippen LogP) is 4.93. The van der Waals surface area contributed by atoms with Gasteiger partial charge in [0, 0.05) is 5.56 Å². The van der Waals surface area contributed by atoms with Crippen LogP contribution in [0, 0.1) is 0 Å². The number of benzene rings is 2. The molecule has 2 aromatic carbocycles. The second-order valence-electron chi connectivity index (χ2n) is 5.21. The van der Waals surface area contributed by atoms with Crippen molar-refractivity contribution in [2.24, 2.45) is 5.10 Å². The van der Waals surface area contributed by atoms with Crippen molar-refractivity contribution >= 4 is 35.3 Å². The van der Waals surface area contributed by atoms with Gasteiger partial charge >= 0.3 is 5.91 Å². The summed E-state index contributed by atoms with van der Waals surface area (Å²) in [6.45, 7) is 0.221. The maximum Gasteiger partial charge on any atom is 0.307 e. The van der Waals surface area contributed by atoms with Gasteiger partial charge in [0.15, 0.2) is 5.76 Å². The van der Waals surface area contributed by atoms with E-state index in [1.807, 2.05) is 30.3 Å². The third kappa shape index (κ3) is 4.65. The smallest absolute Gasteiger partial charge is 0.307 e. The molecule has 0 saturated heterocycles. The van der Waals surface area contributed by atoms with E-state index in [4.69, 9.17) is 32.4 Å². The zero-order chi connectivity index (χ0) is 18.4. The minimum absolute atomic E-state index is 0.131. The van der Waals surface area contributed by atoms with E-state index in [1.165, 1.54) is 6.21 Å². The topological polar surface area (TPSA) is 63.8 Å². The van der Waals surface area contributed by atoms with Gasteiger partial charge in [0.1, 0.15) is 18.1 Å². The second-order valence-corrected chi connectivity index (χ2v) is 6.00. The number of rotatable bonds is 6. The second kappa shape index (κ2) is 8.56. The third-order valence-corrected chi connectivity index (χ3v) is 4.19. The molecule has 0 fully saturated rings. The van der Waals surface area contributed by atoms with E-state index in [-0.39, 0.29) is 12.4 Å². The Morgan fingerprint density at radius 2 is 1.88 bits per heavy atom. The van der Waals surface area contributed by atoms with E-state index >= 15 is 0 Å². The molecule has 5 nitrogen and oxygen atoms in total. The summed E-state index contributed by atoms with van der Waals surface area (Å²) in [5, 5.41) is 4.64. The van der Waals surface area contributed by atoms with Crippen molar-refractivity contribution in [3.8, 4) is 5.75 Å². The van der Waals surface area contributed by atoms with Gasteiger partial charge in [0.25, 0.3) is 0 Å². The lowest BCUT2D eigenvalue weighted by Crippen LogP contribution is -2.16. The van der Waals surface area contributed by atoms with E-state index in [0.717, 1.165) is 5.75 Å². The van der Waals surface area contributed by atoms with Crippen molar-refractivity contribution in [2.45, 2.75) is 6.61 Å². The largest absolute Gasteiger partial charge is 0.486 e. The summed E-state index contributed by atoms with van der Waals surface area (Å²) in [5.41, 5.74) is 2.97. The highest BCUT2D eigenvalue weighted by Gasteiger charge is 2.11. The van der Waals surface area contributed by atoms with Crippen LogP contribution >= 0.6 is 23.2 Å². The van der Waals surface area contributed by atoms with E-state index in [0.29, 0.717) is 21.4 Å². The number of hydrazone groups is 1. The first-order valence-corrected chi connectivity index (χ1v) is 8.43. The van der Waals surface area contributed by atoms with Crippen LogP contribution in [-0.4, -0.2) is 12.1 Å². The van der Waals surface area contributed by atoms with E-state index in [1.54, 1.807) is 30.3 Å². The summed E-state index contributed by atoms with van der Waals surface area (Å²) >= 11 is 12.0. The summed E-state index contributed by atoms with van der Waals surface area (Å²) in [6, 6.07) is 17.7. The van der Waals surface area contributed by atoms with Crippen LogP contribution in [0.2, 0.25) is 10.0 Å². The first-order chi connectivity index (χ1) is 12.6. The number of hydrogen-bond acceptors (Lipinski definition) is 4. The highest BCUT2D eigenvalue weighted by atomic mass is 35.5. The molecule has 7 heteroatoms. The minimum Gasteiger partial charge on any atom is -0.486 e.